The van der Waals surface area contributed by atoms with Crippen LogP contribution in [0.1, 0.15) is 12.5 Å². The molecule has 0 fully saturated rings. The zero-order valence-electron chi connectivity index (χ0n) is 4.95. The van der Waals surface area contributed by atoms with Gasteiger partial charge in [0.15, 0.2) is 0 Å². The molecule has 0 radical (unpaired) electrons. The van der Waals surface area contributed by atoms with E-state index in [-0.39, 0.29) is 0 Å². The monoisotopic (exact) mass is 180 g/mol. The molecule has 9 heavy (non-hydrogen) atoms. The van der Waals surface area contributed by atoms with E-state index >= 15 is 0 Å². The van der Waals surface area contributed by atoms with E-state index in [1.165, 1.54) is 11.3 Å². The number of hydrogen-bond donors (Lipinski definition) is 0. The Balaban J connectivity index is 3.04. The van der Waals surface area contributed by atoms with Gasteiger partial charge in [-0.15, -0.1) is 11.3 Å². The molecule has 0 nitrogen and oxygen atoms in total. The van der Waals surface area contributed by atoms with E-state index in [2.05, 4.69) is 6.92 Å². The fourth-order valence-electron chi connectivity index (χ4n) is 0.591. The predicted molar refractivity (Wildman–Crippen MR) is 43.7 cm³/mol. The van der Waals surface area contributed by atoms with Crippen molar-refractivity contribution >= 4 is 34.5 Å². The van der Waals surface area contributed by atoms with E-state index in [0.29, 0.717) is 4.34 Å². The molecule has 0 saturated carbocycles. The Morgan fingerprint density at radius 3 is 2.44 bits per heavy atom. The molecular weight excluding hydrogens is 175 g/mol. The van der Waals surface area contributed by atoms with E-state index in [9.17, 15) is 0 Å². The smallest absolute Gasteiger partial charge is 0.112 e. The fraction of sp³-hybridized carbons (Fsp3) is 0.333. The van der Waals surface area contributed by atoms with Crippen LogP contribution in [0.15, 0.2) is 5.38 Å². The third-order valence-corrected chi connectivity index (χ3v) is 3.05. The summed E-state index contributed by atoms with van der Waals surface area (Å²) >= 11 is 13.0. The lowest BCUT2D eigenvalue weighted by atomic mass is 10.3. The number of rotatable bonds is 1. The molecule has 0 spiro atoms. The maximum atomic E-state index is 5.79. The van der Waals surface area contributed by atoms with Crippen LogP contribution in [-0.4, -0.2) is 0 Å². The summed E-state index contributed by atoms with van der Waals surface area (Å²) in [7, 11) is 0. The summed E-state index contributed by atoms with van der Waals surface area (Å²) in [5.41, 5.74) is 1.15. The van der Waals surface area contributed by atoms with Gasteiger partial charge in [-0.1, -0.05) is 30.1 Å². The minimum Gasteiger partial charge on any atom is -0.130 e. The molecule has 0 aliphatic rings. The average Bonchev–Trinajstić information content (AvgIpc) is 2.15. The van der Waals surface area contributed by atoms with Crippen LogP contribution in [0.2, 0.25) is 9.36 Å². The second kappa shape index (κ2) is 2.91. The second-order valence-electron chi connectivity index (χ2n) is 1.70. The normalized spacial score (nSPS) is 10.1. The van der Waals surface area contributed by atoms with Crippen molar-refractivity contribution in [3.8, 4) is 0 Å². The molecule has 3 heteroatoms. The molecule has 1 rings (SSSR count). The minimum absolute atomic E-state index is 0.702. The van der Waals surface area contributed by atoms with Crippen LogP contribution in [0.25, 0.3) is 0 Å². The van der Waals surface area contributed by atoms with Crippen molar-refractivity contribution < 1.29 is 0 Å². The Hall–Kier alpha value is 0.280. The molecule has 1 aromatic heterocycles. The van der Waals surface area contributed by atoms with Crippen molar-refractivity contribution in [2.45, 2.75) is 13.3 Å². The molecular formula is C6H6Cl2S. The molecule has 0 atom stereocenters. The Labute approximate surface area is 68.4 Å². The highest BCUT2D eigenvalue weighted by Gasteiger charge is 2.03. The van der Waals surface area contributed by atoms with Crippen molar-refractivity contribution in [1.29, 1.82) is 0 Å². The van der Waals surface area contributed by atoms with Gasteiger partial charge < -0.3 is 0 Å². The van der Waals surface area contributed by atoms with Gasteiger partial charge in [0.1, 0.15) is 4.34 Å². The number of thiophene rings is 1. The van der Waals surface area contributed by atoms with Gasteiger partial charge in [-0.05, 0) is 17.4 Å². The fourth-order valence-corrected chi connectivity index (χ4v) is 2.00. The molecule has 0 saturated heterocycles. The summed E-state index contributed by atoms with van der Waals surface area (Å²) in [4.78, 5) is 0. The first-order chi connectivity index (χ1) is 4.25. The second-order valence-corrected chi connectivity index (χ2v) is 3.56. The summed E-state index contributed by atoms with van der Waals surface area (Å²) in [6.45, 7) is 2.06. The van der Waals surface area contributed by atoms with Gasteiger partial charge in [0.25, 0.3) is 0 Å². The highest BCUT2D eigenvalue weighted by atomic mass is 35.5. The molecule has 0 unspecified atom stereocenters. The number of hydrogen-bond acceptors (Lipinski definition) is 1. The van der Waals surface area contributed by atoms with Crippen molar-refractivity contribution in [2.24, 2.45) is 0 Å². The molecule has 50 valence electrons. The third-order valence-electron chi connectivity index (χ3n) is 1.14. The van der Waals surface area contributed by atoms with Crippen LogP contribution in [-0.2, 0) is 6.42 Å². The first-order valence-electron chi connectivity index (χ1n) is 2.67. The molecule has 0 aliphatic carbocycles. The van der Waals surface area contributed by atoms with E-state index in [0.717, 1.165) is 17.0 Å². The first kappa shape index (κ1) is 7.39. The zero-order chi connectivity index (χ0) is 6.85. The van der Waals surface area contributed by atoms with Gasteiger partial charge in [0, 0.05) is 0 Å². The third kappa shape index (κ3) is 1.40. The molecule has 0 N–H and O–H groups in total. The lowest BCUT2D eigenvalue weighted by Crippen LogP contribution is -1.71. The van der Waals surface area contributed by atoms with Crippen molar-refractivity contribution in [3.63, 3.8) is 0 Å². The van der Waals surface area contributed by atoms with Crippen molar-refractivity contribution in [3.05, 3.63) is 20.3 Å². The summed E-state index contributed by atoms with van der Waals surface area (Å²) in [5, 5.41) is 2.72. The van der Waals surface area contributed by atoms with E-state index < -0.39 is 0 Å². The molecule has 0 amide bonds. The standard InChI is InChI=1S/C6H6Cl2S/c1-2-4-3-9-6(8)5(4)7/h3H,2H2,1H3. The Morgan fingerprint density at radius 1 is 1.56 bits per heavy atom. The maximum Gasteiger partial charge on any atom is 0.112 e. The van der Waals surface area contributed by atoms with Crippen LogP contribution in [0.4, 0.5) is 0 Å². The van der Waals surface area contributed by atoms with Crippen molar-refractivity contribution in [1.82, 2.24) is 0 Å². The van der Waals surface area contributed by atoms with Crippen LogP contribution in [0.3, 0.4) is 0 Å². The number of halogens is 2. The summed E-state index contributed by atoms with van der Waals surface area (Å²) in [6, 6.07) is 0. The maximum absolute atomic E-state index is 5.79. The van der Waals surface area contributed by atoms with E-state index in [1.54, 1.807) is 0 Å². The van der Waals surface area contributed by atoms with E-state index in [1.807, 2.05) is 5.38 Å². The summed E-state index contributed by atoms with van der Waals surface area (Å²) in [6.07, 6.45) is 0.960. The van der Waals surface area contributed by atoms with Gasteiger partial charge in [0.2, 0.25) is 0 Å². The van der Waals surface area contributed by atoms with Gasteiger partial charge in [-0.3, -0.25) is 0 Å². The molecule has 0 aromatic carbocycles. The summed E-state index contributed by atoms with van der Waals surface area (Å²) in [5.74, 6) is 0. The lowest BCUT2D eigenvalue weighted by Gasteiger charge is -1.87. The first-order valence-corrected chi connectivity index (χ1v) is 4.30. The topological polar surface area (TPSA) is 0 Å². The number of aryl methyl sites for hydroxylation is 1. The SMILES string of the molecule is CCc1csc(Cl)c1Cl. The van der Waals surface area contributed by atoms with Crippen LogP contribution >= 0.6 is 34.5 Å². The Bertz CT molecular complexity index is 205. The largest absolute Gasteiger partial charge is 0.130 e. The quantitative estimate of drug-likeness (QED) is 0.620. The minimum atomic E-state index is 0.702. The van der Waals surface area contributed by atoms with Gasteiger partial charge in [-0.25, -0.2) is 0 Å². The molecule has 0 aliphatic heterocycles. The lowest BCUT2D eigenvalue weighted by molar-refractivity contribution is 1.16. The Kier molecular flexibility index (Phi) is 2.39. The zero-order valence-corrected chi connectivity index (χ0v) is 7.28. The highest BCUT2D eigenvalue weighted by Crippen LogP contribution is 2.32. The Morgan fingerprint density at radius 2 is 2.22 bits per heavy atom. The average molecular weight is 181 g/mol. The predicted octanol–water partition coefficient (Wildman–Crippen LogP) is 3.62. The van der Waals surface area contributed by atoms with Crippen molar-refractivity contribution in [2.75, 3.05) is 0 Å². The molecule has 1 aromatic rings. The summed E-state index contributed by atoms with van der Waals surface area (Å²) < 4.78 is 0.702. The van der Waals surface area contributed by atoms with Gasteiger partial charge in [0.05, 0.1) is 5.02 Å². The molecule has 1 heterocycles. The van der Waals surface area contributed by atoms with Crippen LogP contribution in [0, 0.1) is 0 Å². The van der Waals surface area contributed by atoms with Crippen LogP contribution in [0.5, 0.6) is 0 Å². The molecule has 0 bridgehead atoms. The van der Waals surface area contributed by atoms with Gasteiger partial charge >= 0.3 is 0 Å². The van der Waals surface area contributed by atoms with Crippen LogP contribution < -0.4 is 0 Å². The van der Waals surface area contributed by atoms with E-state index in [4.69, 9.17) is 23.2 Å². The van der Waals surface area contributed by atoms with Gasteiger partial charge in [-0.2, -0.15) is 0 Å². The highest BCUT2D eigenvalue weighted by molar-refractivity contribution is 7.15.